The number of hydrazone groups is 1. The van der Waals surface area contributed by atoms with Crippen molar-refractivity contribution in [3.63, 3.8) is 0 Å². The highest BCUT2D eigenvalue weighted by molar-refractivity contribution is 6.14. The normalized spacial score (nSPS) is 13.1. The molecule has 14 nitrogen and oxygen atoms in total. The molecule has 0 atom stereocenters. The van der Waals surface area contributed by atoms with Gasteiger partial charge in [0.1, 0.15) is 17.7 Å². The summed E-state index contributed by atoms with van der Waals surface area (Å²) in [7, 11) is 1.54. The van der Waals surface area contributed by atoms with Crippen molar-refractivity contribution >= 4 is 40.0 Å². The molecule has 0 fully saturated rings. The third-order valence-electron chi connectivity index (χ3n) is 4.81. The first-order chi connectivity index (χ1) is 17.1. The minimum atomic E-state index is -0.511. The monoisotopic (exact) mass is 476 g/mol. The Kier molecular flexibility index (Phi) is 5.73. The first-order valence-corrected chi connectivity index (χ1v) is 10.1. The van der Waals surface area contributed by atoms with Crippen LogP contribution in [0.15, 0.2) is 70.3 Å². The Morgan fingerprint density at radius 1 is 1.09 bits per heavy atom. The molecular formula is C21H16N8O6. The van der Waals surface area contributed by atoms with E-state index in [2.05, 4.69) is 36.1 Å². The molecule has 2 aromatic carbocycles. The van der Waals surface area contributed by atoms with E-state index in [9.17, 15) is 10.1 Å². The van der Waals surface area contributed by atoms with E-state index >= 15 is 0 Å². The number of rotatable bonds is 8. The third-order valence-corrected chi connectivity index (χ3v) is 4.81. The topological polar surface area (TPSA) is 172 Å². The van der Waals surface area contributed by atoms with Crippen molar-refractivity contribution in [2.45, 2.75) is 0 Å². The van der Waals surface area contributed by atoms with Crippen molar-refractivity contribution < 1.29 is 23.8 Å². The number of ether oxygens (including phenoxy) is 3. The lowest BCUT2D eigenvalue weighted by Crippen LogP contribution is -2.12. The Hall–Kier alpha value is -5.27. The standard InChI is InChI=1S/C21H16N8O6/c1-32-15-9-5-3-7-13(15)22-18-19(24-21-20(23-18)27-35-28-21)26-25-17(16-10-33-11-34-16)12-6-2-4-8-14(12)29(30)31/h2-10H,11H2,1H3,(H,22,23,27)(H,24,26,28). The molecular weight excluding hydrogens is 460 g/mol. The van der Waals surface area contributed by atoms with Gasteiger partial charge in [-0.25, -0.2) is 9.61 Å². The average molecular weight is 476 g/mol. The van der Waals surface area contributed by atoms with Gasteiger partial charge in [0.05, 0.1) is 23.3 Å². The van der Waals surface area contributed by atoms with Gasteiger partial charge in [-0.15, -0.1) is 0 Å². The van der Waals surface area contributed by atoms with E-state index in [1.54, 1.807) is 30.3 Å². The lowest BCUT2D eigenvalue weighted by molar-refractivity contribution is -0.385. The van der Waals surface area contributed by atoms with E-state index in [1.165, 1.54) is 19.4 Å². The van der Waals surface area contributed by atoms with E-state index in [0.29, 0.717) is 11.4 Å². The summed E-state index contributed by atoms with van der Waals surface area (Å²) in [5.41, 5.74) is 3.84. The lowest BCUT2D eigenvalue weighted by atomic mass is 10.1. The number of nitro groups is 1. The fourth-order valence-electron chi connectivity index (χ4n) is 3.23. The van der Waals surface area contributed by atoms with Gasteiger partial charge >= 0.3 is 0 Å². The molecule has 3 heterocycles. The number of hydrogen-bond donors (Lipinski definition) is 2. The van der Waals surface area contributed by atoms with Crippen LogP contribution >= 0.6 is 0 Å². The van der Waals surface area contributed by atoms with E-state index in [-0.39, 0.29) is 52.4 Å². The molecule has 0 unspecified atom stereocenters. The fourth-order valence-corrected chi connectivity index (χ4v) is 3.23. The number of anilines is 3. The minimum Gasteiger partial charge on any atom is -0.495 e. The molecule has 35 heavy (non-hydrogen) atoms. The Morgan fingerprint density at radius 3 is 2.57 bits per heavy atom. The smallest absolute Gasteiger partial charge is 0.278 e. The Morgan fingerprint density at radius 2 is 1.83 bits per heavy atom. The van der Waals surface area contributed by atoms with Gasteiger partial charge in [0, 0.05) is 6.07 Å². The van der Waals surface area contributed by atoms with Crippen molar-refractivity contribution in [1.82, 2.24) is 20.3 Å². The second kappa shape index (κ2) is 9.30. The SMILES string of the molecule is COc1ccccc1Nc1nc2nonc2nc1NN=C(C1=COCO1)c1ccccc1[N+](=O)[O-]. The zero-order valence-electron chi connectivity index (χ0n) is 18.0. The lowest BCUT2D eigenvalue weighted by Gasteiger charge is -2.13. The Bertz CT molecular complexity index is 1470. The number of aromatic nitrogens is 4. The highest BCUT2D eigenvalue weighted by Gasteiger charge is 2.25. The molecule has 0 aliphatic carbocycles. The van der Waals surface area contributed by atoms with E-state index in [0.717, 1.165) is 0 Å². The second-order valence-electron chi connectivity index (χ2n) is 6.91. The number of nitrogens with zero attached hydrogens (tertiary/aromatic N) is 6. The van der Waals surface area contributed by atoms with Crippen LogP contribution in [0.5, 0.6) is 5.75 Å². The maximum Gasteiger partial charge on any atom is 0.278 e. The van der Waals surface area contributed by atoms with Gasteiger partial charge in [-0.05, 0) is 28.5 Å². The van der Waals surface area contributed by atoms with Crippen molar-refractivity contribution in [3.8, 4) is 5.75 Å². The maximum absolute atomic E-state index is 11.6. The summed E-state index contributed by atoms with van der Waals surface area (Å²) in [5, 5.41) is 26.5. The molecule has 0 saturated heterocycles. The fraction of sp³-hybridized carbons (Fsp3) is 0.0952. The molecule has 176 valence electrons. The molecule has 0 saturated carbocycles. The molecule has 5 rings (SSSR count). The van der Waals surface area contributed by atoms with Gasteiger partial charge in [-0.3, -0.25) is 15.5 Å². The summed E-state index contributed by atoms with van der Waals surface area (Å²) < 4.78 is 20.7. The van der Waals surface area contributed by atoms with E-state index in [1.807, 2.05) is 12.1 Å². The summed E-state index contributed by atoms with van der Waals surface area (Å²) in [6.45, 7) is -0.0496. The first kappa shape index (κ1) is 21.6. The number of methoxy groups -OCH3 is 1. The predicted molar refractivity (Wildman–Crippen MR) is 122 cm³/mol. The summed E-state index contributed by atoms with van der Waals surface area (Å²) in [6, 6.07) is 13.3. The predicted octanol–water partition coefficient (Wildman–Crippen LogP) is 3.34. The largest absolute Gasteiger partial charge is 0.495 e. The van der Waals surface area contributed by atoms with Crippen LogP contribution in [0, 0.1) is 10.1 Å². The zero-order chi connectivity index (χ0) is 24.2. The molecule has 0 spiro atoms. The van der Waals surface area contributed by atoms with Crippen LogP contribution in [0.25, 0.3) is 11.3 Å². The molecule has 0 bridgehead atoms. The number of nitrogens with one attached hydrogen (secondary N) is 2. The van der Waals surface area contributed by atoms with Crippen molar-refractivity contribution in [3.05, 3.63) is 76.2 Å². The van der Waals surface area contributed by atoms with Crippen molar-refractivity contribution in [1.29, 1.82) is 0 Å². The molecule has 1 aliphatic heterocycles. The number of benzene rings is 2. The molecule has 4 aromatic rings. The highest BCUT2D eigenvalue weighted by Crippen LogP contribution is 2.30. The number of allylic oxidation sites excluding steroid dienone is 1. The number of hydrogen-bond acceptors (Lipinski definition) is 13. The van der Waals surface area contributed by atoms with Crippen LogP contribution in [0.4, 0.5) is 23.0 Å². The quantitative estimate of drug-likeness (QED) is 0.216. The molecule has 14 heteroatoms. The zero-order valence-corrected chi connectivity index (χ0v) is 18.0. The van der Waals surface area contributed by atoms with Gasteiger partial charge in [-0.1, -0.05) is 24.3 Å². The van der Waals surface area contributed by atoms with E-state index in [4.69, 9.17) is 18.8 Å². The van der Waals surface area contributed by atoms with Crippen LogP contribution in [0.1, 0.15) is 5.56 Å². The summed E-state index contributed by atoms with van der Waals surface area (Å²) in [6.07, 6.45) is 1.32. The Balaban J connectivity index is 1.58. The number of nitro benzene ring substituents is 1. The van der Waals surface area contributed by atoms with Crippen molar-refractivity contribution in [2.75, 3.05) is 24.6 Å². The summed E-state index contributed by atoms with van der Waals surface area (Å²) >= 11 is 0. The molecule has 2 N–H and O–H groups in total. The number of fused-ring (bicyclic) bond motifs is 1. The average Bonchev–Trinajstić information content (AvgIpc) is 3.57. The van der Waals surface area contributed by atoms with Gasteiger partial charge in [0.2, 0.25) is 18.1 Å². The first-order valence-electron chi connectivity index (χ1n) is 10.1. The van der Waals surface area contributed by atoms with Crippen LogP contribution in [0.3, 0.4) is 0 Å². The summed E-state index contributed by atoms with van der Waals surface area (Å²) in [4.78, 5) is 19.9. The highest BCUT2D eigenvalue weighted by atomic mass is 16.7. The maximum atomic E-state index is 11.6. The minimum absolute atomic E-state index is 0.0496. The second-order valence-corrected chi connectivity index (χ2v) is 6.91. The van der Waals surface area contributed by atoms with Crippen LogP contribution in [-0.4, -0.2) is 44.8 Å². The van der Waals surface area contributed by atoms with Gasteiger partial charge in [-0.2, -0.15) is 10.1 Å². The third kappa shape index (κ3) is 4.35. The number of para-hydroxylation sites is 3. The molecule has 1 aliphatic rings. The molecule has 0 radical (unpaired) electrons. The molecule has 2 aromatic heterocycles. The van der Waals surface area contributed by atoms with Crippen molar-refractivity contribution in [2.24, 2.45) is 5.10 Å². The van der Waals surface area contributed by atoms with Crippen LogP contribution in [0.2, 0.25) is 0 Å². The van der Waals surface area contributed by atoms with E-state index < -0.39 is 4.92 Å². The van der Waals surface area contributed by atoms with Crippen LogP contribution < -0.4 is 15.5 Å². The van der Waals surface area contributed by atoms with Gasteiger partial charge in [0.25, 0.3) is 5.69 Å². The van der Waals surface area contributed by atoms with Crippen LogP contribution in [-0.2, 0) is 9.47 Å². The Labute approximate surface area is 196 Å². The van der Waals surface area contributed by atoms with Gasteiger partial charge in [0.15, 0.2) is 17.4 Å². The van der Waals surface area contributed by atoms with Gasteiger partial charge < -0.3 is 19.5 Å². The molecule has 0 amide bonds. The summed E-state index contributed by atoms with van der Waals surface area (Å²) in [5.74, 6) is 1.11.